The van der Waals surface area contributed by atoms with E-state index in [-0.39, 0.29) is 11.3 Å². The molecule has 19 heavy (non-hydrogen) atoms. The Kier molecular flexibility index (Phi) is 4.38. The molecule has 2 atom stereocenters. The van der Waals surface area contributed by atoms with Crippen LogP contribution in [0.1, 0.15) is 17.2 Å². The monoisotopic (exact) mass is 279 g/mol. The maximum Gasteiger partial charge on any atom is 0.416 e. The number of methoxy groups -OCH3 is 1. The Balaban J connectivity index is 3.24. The van der Waals surface area contributed by atoms with Crippen LogP contribution in [0, 0.1) is 0 Å². The minimum absolute atomic E-state index is 0.166. The van der Waals surface area contributed by atoms with Gasteiger partial charge in [0.25, 0.3) is 0 Å². The molecule has 1 amide bonds. The molecule has 0 aliphatic carbocycles. The third kappa shape index (κ3) is 3.58. The zero-order valence-electron chi connectivity index (χ0n) is 9.81. The van der Waals surface area contributed by atoms with E-state index in [1.54, 1.807) is 0 Å². The summed E-state index contributed by atoms with van der Waals surface area (Å²) in [7, 11) is 1.15. The molecular formula is C11H12F3NO4. The molecule has 2 unspecified atom stereocenters. The molecule has 0 spiro atoms. The second kappa shape index (κ2) is 5.45. The maximum absolute atomic E-state index is 12.6. The number of carbonyl (C=O) groups is 1. The van der Waals surface area contributed by atoms with Gasteiger partial charge in [-0.1, -0.05) is 0 Å². The van der Waals surface area contributed by atoms with Crippen LogP contribution >= 0.6 is 0 Å². The number of hydrogen-bond donors (Lipinski definition) is 3. The molecule has 0 saturated heterocycles. The van der Waals surface area contributed by atoms with Crippen molar-refractivity contribution < 1.29 is 32.9 Å². The molecule has 1 aromatic rings. The fourth-order valence-corrected chi connectivity index (χ4v) is 1.41. The Morgan fingerprint density at radius 3 is 2.32 bits per heavy atom. The highest BCUT2D eigenvalue weighted by molar-refractivity contribution is 5.79. The van der Waals surface area contributed by atoms with Crippen molar-refractivity contribution in [1.82, 2.24) is 0 Å². The molecule has 5 nitrogen and oxygen atoms in total. The molecular weight excluding hydrogens is 267 g/mol. The number of benzene rings is 1. The zero-order valence-corrected chi connectivity index (χ0v) is 9.81. The molecule has 0 aromatic heterocycles. The van der Waals surface area contributed by atoms with Gasteiger partial charge in [0.15, 0.2) is 6.10 Å². The van der Waals surface area contributed by atoms with Gasteiger partial charge >= 0.3 is 6.18 Å². The second-order valence-corrected chi connectivity index (χ2v) is 3.78. The quantitative estimate of drug-likeness (QED) is 0.752. The van der Waals surface area contributed by atoms with Gasteiger partial charge in [-0.2, -0.15) is 13.2 Å². The number of halogens is 3. The van der Waals surface area contributed by atoms with Crippen molar-refractivity contribution in [1.29, 1.82) is 0 Å². The minimum Gasteiger partial charge on any atom is -0.497 e. The maximum atomic E-state index is 12.6. The lowest BCUT2D eigenvalue weighted by Gasteiger charge is -2.18. The van der Waals surface area contributed by atoms with Crippen molar-refractivity contribution in [2.45, 2.75) is 18.4 Å². The van der Waals surface area contributed by atoms with Crippen LogP contribution in [0.25, 0.3) is 0 Å². The molecule has 8 heteroatoms. The molecule has 106 valence electrons. The standard InChI is InChI=1S/C11H12F3NO4/c1-19-7-3-5(8(16)9(17)10(15)18)2-6(4-7)11(12,13)14/h2-4,8-9,16-17H,1H3,(H2,15,18). The first-order valence-corrected chi connectivity index (χ1v) is 5.08. The lowest BCUT2D eigenvalue weighted by Crippen LogP contribution is -2.34. The molecule has 0 heterocycles. The van der Waals surface area contributed by atoms with E-state index >= 15 is 0 Å². The van der Waals surface area contributed by atoms with Crippen LogP contribution in [-0.2, 0) is 11.0 Å². The summed E-state index contributed by atoms with van der Waals surface area (Å²) in [4.78, 5) is 10.7. The number of carbonyl (C=O) groups excluding carboxylic acids is 1. The van der Waals surface area contributed by atoms with Gasteiger partial charge in [-0.15, -0.1) is 0 Å². The Hall–Kier alpha value is -1.80. The molecule has 0 radical (unpaired) electrons. The highest BCUT2D eigenvalue weighted by Crippen LogP contribution is 2.34. The summed E-state index contributed by atoms with van der Waals surface area (Å²) >= 11 is 0. The second-order valence-electron chi connectivity index (χ2n) is 3.78. The average Bonchev–Trinajstić information content (AvgIpc) is 2.35. The smallest absolute Gasteiger partial charge is 0.416 e. The summed E-state index contributed by atoms with van der Waals surface area (Å²) in [5.41, 5.74) is 3.37. The first kappa shape index (κ1) is 15.3. The average molecular weight is 279 g/mol. The van der Waals surface area contributed by atoms with Crippen molar-refractivity contribution in [3.8, 4) is 5.75 Å². The Bertz CT molecular complexity index is 475. The van der Waals surface area contributed by atoms with Crippen LogP contribution in [-0.4, -0.2) is 29.3 Å². The van der Waals surface area contributed by atoms with Gasteiger partial charge in [0.2, 0.25) is 5.91 Å². The minimum atomic E-state index is -4.65. The number of rotatable bonds is 4. The van der Waals surface area contributed by atoms with Gasteiger partial charge in [-0.05, 0) is 23.8 Å². The first-order valence-electron chi connectivity index (χ1n) is 5.08. The molecule has 0 fully saturated rings. The normalized spacial score (nSPS) is 14.8. The predicted molar refractivity (Wildman–Crippen MR) is 58.2 cm³/mol. The van der Waals surface area contributed by atoms with Crippen molar-refractivity contribution in [2.75, 3.05) is 7.11 Å². The summed E-state index contributed by atoms with van der Waals surface area (Å²) < 4.78 is 42.5. The molecule has 1 aromatic carbocycles. The third-order valence-electron chi connectivity index (χ3n) is 2.42. The fraction of sp³-hybridized carbons (Fsp3) is 0.364. The molecule has 4 N–H and O–H groups in total. The van der Waals surface area contributed by atoms with Crippen LogP contribution < -0.4 is 10.5 Å². The topological polar surface area (TPSA) is 92.8 Å². The van der Waals surface area contributed by atoms with E-state index in [0.29, 0.717) is 6.07 Å². The van der Waals surface area contributed by atoms with Crippen LogP contribution in [0.5, 0.6) is 5.75 Å². The van der Waals surface area contributed by atoms with Gasteiger partial charge < -0.3 is 20.7 Å². The summed E-state index contributed by atoms with van der Waals surface area (Å²) in [5, 5.41) is 18.9. The Morgan fingerprint density at radius 1 is 1.32 bits per heavy atom. The van der Waals surface area contributed by atoms with Gasteiger partial charge in [0, 0.05) is 0 Å². The van der Waals surface area contributed by atoms with Crippen LogP contribution in [0.2, 0.25) is 0 Å². The number of alkyl halides is 3. The van der Waals surface area contributed by atoms with Crippen LogP contribution in [0.3, 0.4) is 0 Å². The molecule has 1 rings (SSSR count). The molecule has 0 bridgehead atoms. The summed E-state index contributed by atoms with van der Waals surface area (Å²) in [6.07, 6.45) is -8.53. The van der Waals surface area contributed by atoms with Gasteiger partial charge in [0.1, 0.15) is 11.9 Å². The van der Waals surface area contributed by atoms with Crippen molar-refractivity contribution in [2.24, 2.45) is 5.73 Å². The van der Waals surface area contributed by atoms with Crippen molar-refractivity contribution in [3.63, 3.8) is 0 Å². The van der Waals surface area contributed by atoms with E-state index in [4.69, 9.17) is 5.73 Å². The molecule has 0 saturated carbocycles. The van der Waals surface area contributed by atoms with E-state index < -0.39 is 29.9 Å². The number of ether oxygens (including phenoxy) is 1. The van der Waals surface area contributed by atoms with E-state index in [9.17, 15) is 28.2 Å². The van der Waals surface area contributed by atoms with Crippen molar-refractivity contribution in [3.05, 3.63) is 29.3 Å². The predicted octanol–water partition coefficient (Wildman–Crippen LogP) is 0.594. The number of hydrogen-bond acceptors (Lipinski definition) is 4. The number of aliphatic hydroxyl groups excluding tert-OH is 2. The van der Waals surface area contributed by atoms with Gasteiger partial charge in [-0.3, -0.25) is 4.79 Å². The van der Waals surface area contributed by atoms with Gasteiger partial charge in [-0.25, -0.2) is 0 Å². The zero-order chi connectivity index (χ0) is 14.8. The SMILES string of the molecule is COc1cc(C(O)C(O)C(N)=O)cc(C(F)(F)F)c1. The largest absolute Gasteiger partial charge is 0.497 e. The van der Waals surface area contributed by atoms with E-state index in [2.05, 4.69) is 4.74 Å². The number of nitrogens with two attached hydrogens (primary N) is 1. The third-order valence-corrected chi connectivity index (χ3v) is 2.42. The highest BCUT2D eigenvalue weighted by atomic mass is 19.4. The molecule has 0 aliphatic heterocycles. The van der Waals surface area contributed by atoms with Crippen molar-refractivity contribution >= 4 is 5.91 Å². The highest BCUT2D eigenvalue weighted by Gasteiger charge is 2.33. The van der Waals surface area contributed by atoms with Crippen LogP contribution in [0.15, 0.2) is 18.2 Å². The summed E-state index contributed by atoms with van der Waals surface area (Å²) in [6.45, 7) is 0. The Labute approximate surface area is 106 Å². The van der Waals surface area contributed by atoms with E-state index in [0.717, 1.165) is 19.2 Å². The van der Waals surface area contributed by atoms with E-state index in [1.807, 2.05) is 0 Å². The molecule has 0 aliphatic rings. The fourth-order valence-electron chi connectivity index (χ4n) is 1.41. The Morgan fingerprint density at radius 2 is 1.89 bits per heavy atom. The van der Waals surface area contributed by atoms with E-state index in [1.165, 1.54) is 0 Å². The lowest BCUT2D eigenvalue weighted by atomic mass is 10.0. The van der Waals surface area contributed by atoms with Crippen LogP contribution in [0.4, 0.5) is 13.2 Å². The number of aliphatic hydroxyl groups is 2. The summed E-state index contributed by atoms with van der Waals surface area (Å²) in [5.74, 6) is -1.41. The number of amides is 1. The number of primary amides is 1. The van der Waals surface area contributed by atoms with Gasteiger partial charge in [0.05, 0.1) is 12.7 Å². The first-order chi connectivity index (χ1) is 8.66. The summed E-state index contributed by atoms with van der Waals surface area (Å²) in [6, 6.07) is 2.41. The lowest BCUT2D eigenvalue weighted by molar-refractivity contribution is -0.137.